The van der Waals surface area contributed by atoms with Gasteiger partial charge < -0.3 is 10.6 Å². The minimum atomic E-state index is -0.290. The van der Waals surface area contributed by atoms with E-state index >= 15 is 0 Å². The minimum absolute atomic E-state index is 0.0606. The molecule has 0 aliphatic carbocycles. The van der Waals surface area contributed by atoms with Gasteiger partial charge in [-0.15, -0.1) is 0 Å². The van der Waals surface area contributed by atoms with Crippen molar-refractivity contribution in [3.05, 3.63) is 29.6 Å². The maximum Gasteiger partial charge on any atom is 0.225 e. The quantitative estimate of drug-likeness (QED) is 0.881. The molecule has 1 amide bonds. The van der Waals surface area contributed by atoms with Crippen LogP contribution in [0.5, 0.6) is 0 Å². The minimum Gasteiger partial charge on any atom is -0.326 e. The van der Waals surface area contributed by atoms with E-state index in [9.17, 15) is 9.18 Å². The van der Waals surface area contributed by atoms with Gasteiger partial charge >= 0.3 is 0 Å². The zero-order valence-electron chi connectivity index (χ0n) is 11.5. The monoisotopic (exact) mass is 264 g/mol. The number of carbonyl (C=O) groups excluding carboxylic acids is 1. The number of carbonyl (C=O) groups is 1. The Hall–Kier alpha value is -1.42. The second-order valence-electron chi connectivity index (χ2n) is 5.40. The van der Waals surface area contributed by atoms with E-state index < -0.39 is 0 Å². The molecule has 2 unspecified atom stereocenters. The van der Waals surface area contributed by atoms with Gasteiger partial charge in [-0.1, -0.05) is 13.0 Å². The number of rotatable bonds is 3. The fourth-order valence-electron chi connectivity index (χ4n) is 2.47. The van der Waals surface area contributed by atoms with E-state index in [0.29, 0.717) is 23.6 Å². The number of hydrogen-bond acceptors (Lipinski definition) is 2. The second kappa shape index (κ2) is 6.15. The molecular weight excluding hydrogens is 243 g/mol. The van der Waals surface area contributed by atoms with Crippen molar-refractivity contribution in [3.8, 4) is 0 Å². The van der Waals surface area contributed by atoms with E-state index in [1.807, 2.05) is 0 Å². The van der Waals surface area contributed by atoms with Crippen molar-refractivity contribution in [2.45, 2.75) is 39.2 Å². The smallest absolute Gasteiger partial charge is 0.225 e. The summed E-state index contributed by atoms with van der Waals surface area (Å²) in [5.74, 6) is 0.158. The van der Waals surface area contributed by atoms with Crippen molar-refractivity contribution in [1.82, 2.24) is 5.32 Å². The topological polar surface area (TPSA) is 41.1 Å². The molecule has 1 fully saturated rings. The molecule has 2 rings (SSSR count). The predicted molar refractivity (Wildman–Crippen MR) is 74.6 cm³/mol. The van der Waals surface area contributed by atoms with Crippen LogP contribution in [0, 0.1) is 18.7 Å². The van der Waals surface area contributed by atoms with Crippen LogP contribution >= 0.6 is 0 Å². The summed E-state index contributed by atoms with van der Waals surface area (Å²) in [6.07, 6.45) is 2.77. The highest BCUT2D eigenvalue weighted by Crippen LogP contribution is 2.19. The Kier molecular flexibility index (Phi) is 4.53. The van der Waals surface area contributed by atoms with Gasteiger partial charge in [-0.25, -0.2) is 4.39 Å². The SMILES string of the molecule is Cc1ccc(NC(=O)CC2NCCCC2C)cc1F. The van der Waals surface area contributed by atoms with Crippen LogP contribution in [0.15, 0.2) is 18.2 Å². The van der Waals surface area contributed by atoms with Crippen molar-refractivity contribution in [1.29, 1.82) is 0 Å². The Balaban J connectivity index is 1.91. The Labute approximate surface area is 113 Å². The molecule has 0 spiro atoms. The highest BCUT2D eigenvalue weighted by Gasteiger charge is 2.23. The molecule has 1 saturated heterocycles. The van der Waals surface area contributed by atoms with Crippen LogP contribution in [-0.4, -0.2) is 18.5 Å². The molecule has 4 heteroatoms. The van der Waals surface area contributed by atoms with Crippen molar-refractivity contribution >= 4 is 11.6 Å². The third-order valence-corrected chi connectivity index (χ3v) is 3.79. The van der Waals surface area contributed by atoms with Gasteiger partial charge in [0.25, 0.3) is 0 Å². The first-order valence-corrected chi connectivity index (χ1v) is 6.85. The zero-order chi connectivity index (χ0) is 13.8. The lowest BCUT2D eigenvalue weighted by atomic mass is 9.90. The van der Waals surface area contributed by atoms with Gasteiger partial charge in [0.1, 0.15) is 5.82 Å². The number of benzene rings is 1. The van der Waals surface area contributed by atoms with Crippen molar-refractivity contribution in [2.24, 2.45) is 5.92 Å². The summed E-state index contributed by atoms with van der Waals surface area (Å²) in [6.45, 7) is 4.84. The molecule has 2 N–H and O–H groups in total. The lowest BCUT2D eigenvalue weighted by molar-refractivity contribution is -0.117. The van der Waals surface area contributed by atoms with E-state index in [0.717, 1.165) is 13.0 Å². The highest BCUT2D eigenvalue weighted by molar-refractivity contribution is 5.91. The fourth-order valence-corrected chi connectivity index (χ4v) is 2.47. The summed E-state index contributed by atoms with van der Waals surface area (Å²) in [6, 6.07) is 5.00. The van der Waals surface area contributed by atoms with Crippen molar-refractivity contribution in [3.63, 3.8) is 0 Å². The molecule has 1 aliphatic heterocycles. The van der Waals surface area contributed by atoms with Gasteiger partial charge in [0.2, 0.25) is 5.91 Å². The number of hydrogen-bond donors (Lipinski definition) is 2. The first-order valence-electron chi connectivity index (χ1n) is 6.85. The van der Waals surface area contributed by atoms with Crippen molar-refractivity contribution < 1.29 is 9.18 Å². The number of aryl methyl sites for hydroxylation is 1. The molecule has 1 aliphatic rings. The molecule has 1 heterocycles. The fraction of sp³-hybridized carbons (Fsp3) is 0.533. The molecule has 19 heavy (non-hydrogen) atoms. The zero-order valence-corrected chi connectivity index (χ0v) is 11.5. The molecule has 0 aromatic heterocycles. The van der Waals surface area contributed by atoms with E-state index in [4.69, 9.17) is 0 Å². The van der Waals surface area contributed by atoms with Crippen LogP contribution in [0.1, 0.15) is 31.7 Å². The largest absolute Gasteiger partial charge is 0.326 e. The molecule has 104 valence electrons. The van der Waals surface area contributed by atoms with E-state index in [1.165, 1.54) is 12.5 Å². The van der Waals surface area contributed by atoms with Crippen LogP contribution in [0.3, 0.4) is 0 Å². The molecule has 0 bridgehead atoms. The predicted octanol–water partition coefficient (Wildman–Crippen LogP) is 2.85. The number of anilines is 1. The van der Waals surface area contributed by atoms with Crippen LogP contribution in [0.2, 0.25) is 0 Å². The third kappa shape index (κ3) is 3.77. The molecule has 1 aromatic rings. The van der Waals surface area contributed by atoms with E-state index in [2.05, 4.69) is 17.6 Å². The van der Waals surface area contributed by atoms with Crippen LogP contribution < -0.4 is 10.6 Å². The van der Waals surface area contributed by atoms with Gasteiger partial charge in [0, 0.05) is 18.2 Å². The molecule has 3 nitrogen and oxygen atoms in total. The maximum absolute atomic E-state index is 13.4. The first-order chi connectivity index (χ1) is 9.06. The van der Waals surface area contributed by atoms with Crippen molar-refractivity contribution in [2.75, 3.05) is 11.9 Å². The van der Waals surface area contributed by atoms with E-state index in [1.54, 1.807) is 19.1 Å². The summed E-state index contributed by atoms with van der Waals surface area (Å²) >= 11 is 0. The lowest BCUT2D eigenvalue weighted by Crippen LogP contribution is -2.42. The van der Waals surface area contributed by atoms with Gasteiger partial charge in [-0.3, -0.25) is 4.79 Å². The van der Waals surface area contributed by atoms with Gasteiger partial charge in [-0.2, -0.15) is 0 Å². The average Bonchev–Trinajstić information content (AvgIpc) is 2.37. The van der Waals surface area contributed by atoms with Gasteiger partial charge in [-0.05, 0) is 49.9 Å². The van der Waals surface area contributed by atoms with Gasteiger partial charge in [0.05, 0.1) is 0 Å². The highest BCUT2D eigenvalue weighted by atomic mass is 19.1. The van der Waals surface area contributed by atoms with Crippen LogP contribution in [-0.2, 0) is 4.79 Å². The molecule has 0 radical (unpaired) electrons. The number of amides is 1. The Bertz CT molecular complexity index is 461. The molecular formula is C15H21FN2O. The number of halogens is 1. The normalized spacial score (nSPS) is 23.1. The lowest BCUT2D eigenvalue weighted by Gasteiger charge is -2.29. The number of piperidine rings is 1. The maximum atomic E-state index is 13.4. The Morgan fingerprint density at radius 1 is 1.53 bits per heavy atom. The number of nitrogens with one attached hydrogen (secondary N) is 2. The average molecular weight is 264 g/mol. The van der Waals surface area contributed by atoms with Crippen LogP contribution in [0.4, 0.5) is 10.1 Å². The summed E-state index contributed by atoms with van der Waals surface area (Å²) in [5.41, 5.74) is 1.11. The third-order valence-electron chi connectivity index (χ3n) is 3.79. The van der Waals surface area contributed by atoms with Gasteiger partial charge in [0.15, 0.2) is 0 Å². The summed E-state index contributed by atoms with van der Waals surface area (Å²) in [5, 5.41) is 6.13. The van der Waals surface area contributed by atoms with E-state index in [-0.39, 0.29) is 17.8 Å². The summed E-state index contributed by atoms with van der Waals surface area (Å²) in [4.78, 5) is 11.9. The molecule has 2 atom stereocenters. The second-order valence-corrected chi connectivity index (χ2v) is 5.40. The summed E-state index contributed by atoms with van der Waals surface area (Å²) < 4.78 is 13.4. The Morgan fingerprint density at radius 3 is 3.00 bits per heavy atom. The Morgan fingerprint density at radius 2 is 2.32 bits per heavy atom. The summed E-state index contributed by atoms with van der Waals surface area (Å²) in [7, 11) is 0. The van der Waals surface area contributed by atoms with Crippen LogP contribution in [0.25, 0.3) is 0 Å². The molecule has 0 saturated carbocycles. The molecule has 1 aromatic carbocycles. The first kappa shape index (κ1) is 14.0. The standard InChI is InChI=1S/C15H21FN2O/c1-10-5-6-12(8-13(10)16)18-15(19)9-14-11(2)4-3-7-17-14/h5-6,8,11,14,17H,3-4,7,9H2,1-2H3,(H,18,19).